The van der Waals surface area contributed by atoms with Gasteiger partial charge in [0.1, 0.15) is 11.8 Å². The fourth-order valence-electron chi connectivity index (χ4n) is 2.81. The van der Waals surface area contributed by atoms with Gasteiger partial charge in [0.25, 0.3) is 0 Å². The van der Waals surface area contributed by atoms with Gasteiger partial charge < -0.3 is 9.80 Å². The van der Waals surface area contributed by atoms with Crippen molar-refractivity contribution in [1.82, 2.24) is 9.97 Å². The molecule has 0 bridgehead atoms. The smallest absolute Gasteiger partial charge is 0.226 e. The van der Waals surface area contributed by atoms with E-state index < -0.39 is 0 Å². The summed E-state index contributed by atoms with van der Waals surface area (Å²) in [6, 6.07) is 9.50. The van der Waals surface area contributed by atoms with Crippen LogP contribution in [0, 0.1) is 18.3 Å². The zero-order valence-corrected chi connectivity index (χ0v) is 14.8. The molecule has 1 aliphatic heterocycles. The third-order valence-electron chi connectivity index (χ3n) is 4.00. The molecule has 0 radical (unpaired) electrons. The first-order valence-electron chi connectivity index (χ1n) is 7.77. The van der Waals surface area contributed by atoms with Gasteiger partial charge in [0.05, 0.1) is 10.0 Å². The number of nitrogens with zero attached hydrogens (tertiary/aromatic N) is 5. The number of rotatable bonds is 2. The van der Waals surface area contributed by atoms with Gasteiger partial charge in [0, 0.05) is 37.6 Å². The molecular formula is C17H17Cl2N5. The van der Waals surface area contributed by atoms with E-state index in [0.29, 0.717) is 21.7 Å². The van der Waals surface area contributed by atoms with E-state index in [2.05, 4.69) is 25.8 Å². The molecule has 5 nitrogen and oxygen atoms in total. The molecule has 2 aromatic rings. The molecule has 1 saturated heterocycles. The van der Waals surface area contributed by atoms with Gasteiger partial charge in [0.2, 0.25) is 5.95 Å². The first-order valence-corrected chi connectivity index (χ1v) is 8.53. The van der Waals surface area contributed by atoms with Crippen molar-refractivity contribution in [2.24, 2.45) is 0 Å². The monoisotopic (exact) mass is 361 g/mol. The Kier molecular flexibility index (Phi) is 5.08. The van der Waals surface area contributed by atoms with Crippen molar-refractivity contribution in [2.75, 3.05) is 36.0 Å². The molecule has 1 fully saturated rings. The van der Waals surface area contributed by atoms with Crippen LogP contribution >= 0.6 is 23.2 Å². The molecule has 1 aliphatic rings. The zero-order chi connectivity index (χ0) is 17.1. The molecule has 124 valence electrons. The van der Waals surface area contributed by atoms with Gasteiger partial charge in [-0.2, -0.15) is 5.26 Å². The summed E-state index contributed by atoms with van der Waals surface area (Å²) in [6.07, 6.45) is 0.972. The van der Waals surface area contributed by atoms with E-state index in [9.17, 15) is 0 Å². The molecular weight excluding hydrogens is 345 g/mol. The number of nitriles is 1. The highest BCUT2D eigenvalue weighted by molar-refractivity contribution is 6.42. The van der Waals surface area contributed by atoms with Crippen LogP contribution in [0.15, 0.2) is 24.3 Å². The number of aryl methyl sites for hydroxylation is 1. The summed E-state index contributed by atoms with van der Waals surface area (Å²) in [5.74, 6) is 0.627. The zero-order valence-electron chi connectivity index (χ0n) is 13.3. The summed E-state index contributed by atoms with van der Waals surface area (Å²) in [7, 11) is 0. The third-order valence-corrected chi connectivity index (χ3v) is 4.74. The van der Waals surface area contributed by atoms with E-state index in [4.69, 9.17) is 28.5 Å². The number of hydrogen-bond donors (Lipinski definition) is 0. The first-order chi connectivity index (χ1) is 11.6. The Morgan fingerprint density at radius 3 is 2.50 bits per heavy atom. The number of benzene rings is 1. The quantitative estimate of drug-likeness (QED) is 0.816. The summed E-state index contributed by atoms with van der Waals surface area (Å²) in [5, 5.41) is 10.2. The van der Waals surface area contributed by atoms with E-state index >= 15 is 0 Å². The molecule has 1 aromatic heterocycles. The minimum atomic E-state index is 0.406. The Balaban J connectivity index is 1.76. The molecule has 24 heavy (non-hydrogen) atoms. The highest BCUT2D eigenvalue weighted by atomic mass is 35.5. The van der Waals surface area contributed by atoms with E-state index in [1.165, 1.54) is 0 Å². The van der Waals surface area contributed by atoms with E-state index in [1.807, 2.05) is 25.1 Å². The molecule has 0 N–H and O–H groups in total. The second kappa shape index (κ2) is 7.25. The van der Waals surface area contributed by atoms with Crippen molar-refractivity contribution in [1.29, 1.82) is 5.26 Å². The first kappa shape index (κ1) is 16.8. The predicted molar refractivity (Wildman–Crippen MR) is 97.0 cm³/mol. The lowest BCUT2D eigenvalue weighted by Crippen LogP contribution is -2.31. The molecule has 0 saturated carbocycles. The van der Waals surface area contributed by atoms with Crippen molar-refractivity contribution < 1.29 is 0 Å². The van der Waals surface area contributed by atoms with Crippen LogP contribution in [0.4, 0.5) is 11.6 Å². The van der Waals surface area contributed by atoms with E-state index in [-0.39, 0.29) is 0 Å². The Labute approximate surface area is 151 Å². The van der Waals surface area contributed by atoms with Crippen LogP contribution in [0.3, 0.4) is 0 Å². The predicted octanol–water partition coefficient (Wildman–Crippen LogP) is 3.68. The summed E-state index contributed by atoms with van der Waals surface area (Å²) < 4.78 is 0. The molecule has 0 unspecified atom stereocenters. The summed E-state index contributed by atoms with van der Waals surface area (Å²) in [4.78, 5) is 13.2. The molecule has 3 rings (SSSR count). The Bertz CT molecular complexity index is 787. The maximum absolute atomic E-state index is 9.09. The normalized spacial score (nSPS) is 15.1. The second-order valence-electron chi connectivity index (χ2n) is 5.73. The largest absolute Gasteiger partial charge is 0.370 e. The van der Waals surface area contributed by atoms with Crippen LogP contribution in [0.5, 0.6) is 0 Å². The van der Waals surface area contributed by atoms with Crippen molar-refractivity contribution in [3.8, 4) is 6.07 Å². The third kappa shape index (κ3) is 3.72. The molecule has 7 heteroatoms. The fraction of sp³-hybridized carbons (Fsp3) is 0.353. The summed E-state index contributed by atoms with van der Waals surface area (Å²) >= 11 is 12.1. The molecule has 1 aromatic carbocycles. The van der Waals surface area contributed by atoms with Gasteiger partial charge in [-0.25, -0.2) is 9.97 Å². The SMILES string of the molecule is Cc1cc(C#N)nc(N2CCCN(c3ccc(Cl)c(Cl)c3)CC2)n1. The fourth-order valence-corrected chi connectivity index (χ4v) is 3.10. The van der Waals surface area contributed by atoms with Crippen molar-refractivity contribution in [3.63, 3.8) is 0 Å². The minimum Gasteiger partial charge on any atom is -0.370 e. The average molecular weight is 362 g/mol. The summed E-state index contributed by atoms with van der Waals surface area (Å²) in [5.41, 5.74) is 2.28. The van der Waals surface area contributed by atoms with Crippen LogP contribution in [0.1, 0.15) is 17.8 Å². The lowest BCUT2D eigenvalue weighted by atomic mass is 10.2. The Morgan fingerprint density at radius 2 is 1.75 bits per heavy atom. The lowest BCUT2D eigenvalue weighted by Gasteiger charge is -2.24. The average Bonchev–Trinajstić information content (AvgIpc) is 2.83. The van der Waals surface area contributed by atoms with Crippen LogP contribution in [0.2, 0.25) is 10.0 Å². The van der Waals surface area contributed by atoms with E-state index in [0.717, 1.165) is 44.0 Å². The Hall–Kier alpha value is -2.03. The summed E-state index contributed by atoms with van der Waals surface area (Å²) in [6.45, 7) is 5.27. The van der Waals surface area contributed by atoms with Gasteiger partial charge in [-0.05, 0) is 37.6 Å². The number of anilines is 2. The van der Waals surface area contributed by atoms with Crippen molar-refractivity contribution >= 4 is 34.8 Å². The molecule has 0 spiro atoms. The second-order valence-corrected chi connectivity index (χ2v) is 6.55. The van der Waals surface area contributed by atoms with Crippen molar-refractivity contribution in [3.05, 3.63) is 45.7 Å². The van der Waals surface area contributed by atoms with Crippen LogP contribution in [-0.4, -0.2) is 36.1 Å². The molecule has 0 aliphatic carbocycles. The van der Waals surface area contributed by atoms with Crippen LogP contribution < -0.4 is 9.80 Å². The minimum absolute atomic E-state index is 0.406. The maximum Gasteiger partial charge on any atom is 0.226 e. The van der Waals surface area contributed by atoms with Crippen LogP contribution in [-0.2, 0) is 0 Å². The van der Waals surface area contributed by atoms with Crippen LogP contribution in [0.25, 0.3) is 0 Å². The molecule has 0 amide bonds. The Morgan fingerprint density at radius 1 is 1.00 bits per heavy atom. The van der Waals surface area contributed by atoms with Gasteiger partial charge in [0.15, 0.2) is 0 Å². The standard InChI is InChI=1S/C17H17Cl2N5/c1-12-9-13(11-20)22-17(21-12)24-6-2-5-23(7-8-24)14-3-4-15(18)16(19)10-14/h3-4,9-10H,2,5-8H2,1H3. The lowest BCUT2D eigenvalue weighted by molar-refractivity contribution is 0.777. The molecule has 2 heterocycles. The maximum atomic E-state index is 9.09. The van der Waals surface area contributed by atoms with Gasteiger partial charge in [-0.15, -0.1) is 0 Å². The van der Waals surface area contributed by atoms with E-state index in [1.54, 1.807) is 6.07 Å². The van der Waals surface area contributed by atoms with Gasteiger partial charge in [-0.1, -0.05) is 23.2 Å². The van der Waals surface area contributed by atoms with Gasteiger partial charge in [-0.3, -0.25) is 0 Å². The number of halogens is 2. The highest BCUT2D eigenvalue weighted by Gasteiger charge is 2.18. The number of aromatic nitrogens is 2. The van der Waals surface area contributed by atoms with Crippen molar-refractivity contribution in [2.45, 2.75) is 13.3 Å². The number of hydrogen-bond acceptors (Lipinski definition) is 5. The molecule has 0 atom stereocenters. The van der Waals surface area contributed by atoms with Gasteiger partial charge >= 0.3 is 0 Å². The highest BCUT2D eigenvalue weighted by Crippen LogP contribution is 2.28. The topological polar surface area (TPSA) is 56.1 Å².